The van der Waals surface area contributed by atoms with Crippen molar-refractivity contribution in [3.8, 4) is 11.4 Å². The second-order valence-corrected chi connectivity index (χ2v) is 8.55. The summed E-state index contributed by atoms with van der Waals surface area (Å²) in [5, 5.41) is 12.2. The van der Waals surface area contributed by atoms with E-state index in [0.717, 1.165) is 30.6 Å². The maximum Gasteiger partial charge on any atom is 0.230 e. The molecule has 162 valence electrons. The fraction of sp³-hybridized carbons (Fsp3) is 0.348. The molecule has 1 atom stereocenters. The third-order valence-electron chi connectivity index (χ3n) is 5.17. The van der Waals surface area contributed by atoms with Gasteiger partial charge in [0.25, 0.3) is 0 Å². The van der Waals surface area contributed by atoms with Crippen LogP contribution in [0.2, 0.25) is 0 Å². The van der Waals surface area contributed by atoms with E-state index in [0.29, 0.717) is 24.1 Å². The maximum absolute atomic E-state index is 13.3. The molecule has 6 nitrogen and oxygen atoms in total. The van der Waals surface area contributed by atoms with Crippen molar-refractivity contribution < 1.29 is 13.9 Å². The number of carbonyl (C=O) groups is 1. The van der Waals surface area contributed by atoms with Gasteiger partial charge in [-0.3, -0.25) is 9.36 Å². The molecule has 4 rings (SSSR count). The van der Waals surface area contributed by atoms with E-state index < -0.39 is 0 Å². The normalized spacial score (nSPS) is 15.9. The first-order valence-electron chi connectivity index (χ1n) is 10.3. The number of nitrogens with one attached hydrogen (secondary N) is 1. The Morgan fingerprint density at radius 2 is 1.97 bits per heavy atom. The van der Waals surface area contributed by atoms with Gasteiger partial charge in [-0.15, -0.1) is 10.2 Å². The lowest BCUT2D eigenvalue weighted by molar-refractivity contribution is -0.118. The summed E-state index contributed by atoms with van der Waals surface area (Å²) in [7, 11) is 0. The summed E-state index contributed by atoms with van der Waals surface area (Å²) < 4.78 is 21.1. The van der Waals surface area contributed by atoms with Gasteiger partial charge in [0.2, 0.25) is 5.91 Å². The highest BCUT2D eigenvalue weighted by atomic mass is 32.2. The Labute approximate surface area is 185 Å². The smallest absolute Gasteiger partial charge is 0.230 e. The van der Waals surface area contributed by atoms with Gasteiger partial charge in [0.15, 0.2) is 11.0 Å². The van der Waals surface area contributed by atoms with Crippen LogP contribution in [-0.4, -0.2) is 39.1 Å². The molecule has 0 radical (unpaired) electrons. The number of benzene rings is 2. The molecule has 0 saturated carbocycles. The molecule has 2 heterocycles. The van der Waals surface area contributed by atoms with Crippen LogP contribution in [-0.2, 0) is 22.6 Å². The summed E-state index contributed by atoms with van der Waals surface area (Å²) in [6.45, 7) is 3.88. The molecule has 1 amide bonds. The summed E-state index contributed by atoms with van der Waals surface area (Å²) in [6.07, 6.45) is 2.09. The second kappa shape index (κ2) is 10.1. The monoisotopic (exact) mass is 440 g/mol. The van der Waals surface area contributed by atoms with Crippen LogP contribution < -0.4 is 5.32 Å². The van der Waals surface area contributed by atoms with Gasteiger partial charge in [-0.2, -0.15) is 0 Å². The predicted octanol–water partition coefficient (Wildman–Crippen LogP) is 3.98. The number of aromatic nitrogens is 3. The molecule has 1 fully saturated rings. The third-order valence-corrected chi connectivity index (χ3v) is 6.14. The molecule has 1 aliphatic heterocycles. The van der Waals surface area contributed by atoms with E-state index in [1.807, 2.05) is 35.8 Å². The molecule has 2 aromatic carbocycles. The number of hydrogen-bond donors (Lipinski definition) is 1. The highest BCUT2D eigenvalue weighted by Crippen LogP contribution is 2.26. The third kappa shape index (κ3) is 5.71. The number of hydrogen-bond acceptors (Lipinski definition) is 5. The van der Waals surface area contributed by atoms with Crippen LogP contribution in [0.3, 0.4) is 0 Å². The van der Waals surface area contributed by atoms with Gasteiger partial charge >= 0.3 is 0 Å². The maximum atomic E-state index is 13.3. The molecule has 0 spiro atoms. The number of ether oxygens (including phenoxy) is 1. The Kier molecular flexibility index (Phi) is 6.99. The zero-order chi connectivity index (χ0) is 21.6. The molecule has 1 aliphatic rings. The van der Waals surface area contributed by atoms with Crippen molar-refractivity contribution in [2.45, 2.75) is 44.1 Å². The van der Waals surface area contributed by atoms with Gasteiger partial charge in [0, 0.05) is 18.7 Å². The first kappa shape index (κ1) is 21.5. The highest BCUT2D eigenvalue weighted by molar-refractivity contribution is 7.99. The number of aryl methyl sites for hydroxylation is 1. The van der Waals surface area contributed by atoms with Crippen LogP contribution >= 0.6 is 11.8 Å². The van der Waals surface area contributed by atoms with Crippen LogP contribution in [0.4, 0.5) is 4.39 Å². The molecule has 1 saturated heterocycles. The van der Waals surface area contributed by atoms with Crippen molar-refractivity contribution in [3.63, 3.8) is 0 Å². The van der Waals surface area contributed by atoms with E-state index in [4.69, 9.17) is 4.74 Å². The first-order chi connectivity index (χ1) is 15.1. The van der Waals surface area contributed by atoms with Gasteiger partial charge in [-0.1, -0.05) is 41.6 Å². The van der Waals surface area contributed by atoms with Crippen LogP contribution in [0.1, 0.15) is 24.0 Å². The fourth-order valence-electron chi connectivity index (χ4n) is 3.45. The lowest BCUT2D eigenvalue weighted by atomic mass is 10.1. The van der Waals surface area contributed by atoms with Crippen LogP contribution in [0, 0.1) is 12.7 Å². The fourth-order valence-corrected chi connectivity index (χ4v) is 4.23. The SMILES string of the molecule is Cc1ccc(CNC(=O)CSc2nnc(-c3ccc(F)cc3)n2C[C@@H]2CCCO2)cc1. The van der Waals surface area contributed by atoms with Gasteiger partial charge < -0.3 is 10.1 Å². The van der Waals surface area contributed by atoms with Crippen molar-refractivity contribution in [2.24, 2.45) is 0 Å². The van der Waals surface area contributed by atoms with E-state index in [1.165, 1.54) is 29.5 Å². The Morgan fingerprint density at radius 1 is 1.19 bits per heavy atom. The molecule has 1 N–H and O–H groups in total. The van der Waals surface area contributed by atoms with E-state index in [-0.39, 0.29) is 23.6 Å². The Morgan fingerprint density at radius 3 is 2.68 bits per heavy atom. The number of halogens is 1. The minimum atomic E-state index is -0.297. The van der Waals surface area contributed by atoms with E-state index >= 15 is 0 Å². The van der Waals surface area contributed by atoms with E-state index in [2.05, 4.69) is 15.5 Å². The number of nitrogens with zero attached hydrogens (tertiary/aromatic N) is 3. The van der Waals surface area contributed by atoms with Crippen LogP contribution in [0.25, 0.3) is 11.4 Å². The van der Waals surface area contributed by atoms with Gasteiger partial charge in [0.1, 0.15) is 5.82 Å². The predicted molar refractivity (Wildman–Crippen MR) is 118 cm³/mol. The van der Waals surface area contributed by atoms with Crippen molar-refractivity contribution in [1.82, 2.24) is 20.1 Å². The summed E-state index contributed by atoms with van der Waals surface area (Å²) >= 11 is 1.34. The van der Waals surface area contributed by atoms with Crippen molar-refractivity contribution in [2.75, 3.05) is 12.4 Å². The molecule has 0 aliphatic carbocycles. The van der Waals surface area contributed by atoms with Crippen molar-refractivity contribution >= 4 is 17.7 Å². The molecular weight excluding hydrogens is 415 g/mol. The summed E-state index contributed by atoms with van der Waals surface area (Å²) in [5.41, 5.74) is 3.03. The summed E-state index contributed by atoms with van der Waals surface area (Å²) in [6, 6.07) is 14.3. The second-order valence-electron chi connectivity index (χ2n) is 7.61. The van der Waals surface area contributed by atoms with Crippen molar-refractivity contribution in [1.29, 1.82) is 0 Å². The van der Waals surface area contributed by atoms with Gasteiger partial charge in [-0.05, 0) is 49.6 Å². The molecule has 0 unspecified atom stereocenters. The Hall–Kier alpha value is -2.71. The largest absolute Gasteiger partial charge is 0.376 e. The topological polar surface area (TPSA) is 69.0 Å². The number of carbonyl (C=O) groups excluding carboxylic acids is 1. The standard InChI is InChI=1S/C23H25FN4O2S/c1-16-4-6-17(7-5-16)13-25-21(29)15-31-23-27-26-22(18-8-10-19(24)11-9-18)28(23)14-20-3-2-12-30-20/h4-11,20H,2-3,12-15H2,1H3,(H,25,29)/t20-/m0/s1. The molecule has 1 aromatic heterocycles. The van der Waals surface area contributed by atoms with E-state index in [9.17, 15) is 9.18 Å². The number of amides is 1. The quantitative estimate of drug-likeness (QED) is 0.537. The number of thioether (sulfide) groups is 1. The lowest BCUT2D eigenvalue weighted by Crippen LogP contribution is -2.25. The van der Waals surface area contributed by atoms with Crippen LogP contribution in [0.5, 0.6) is 0 Å². The summed E-state index contributed by atoms with van der Waals surface area (Å²) in [5.74, 6) is 0.520. The molecule has 8 heteroatoms. The minimum absolute atomic E-state index is 0.0689. The molecule has 31 heavy (non-hydrogen) atoms. The van der Waals surface area contributed by atoms with Gasteiger partial charge in [0.05, 0.1) is 18.4 Å². The highest BCUT2D eigenvalue weighted by Gasteiger charge is 2.22. The zero-order valence-electron chi connectivity index (χ0n) is 17.4. The van der Waals surface area contributed by atoms with E-state index in [1.54, 1.807) is 12.1 Å². The summed E-state index contributed by atoms with van der Waals surface area (Å²) in [4.78, 5) is 12.4. The Balaban J connectivity index is 1.43. The van der Waals surface area contributed by atoms with Crippen LogP contribution in [0.15, 0.2) is 53.7 Å². The Bertz CT molecular complexity index is 1020. The average molecular weight is 441 g/mol. The zero-order valence-corrected chi connectivity index (χ0v) is 18.2. The van der Waals surface area contributed by atoms with Crippen molar-refractivity contribution in [3.05, 3.63) is 65.5 Å². The lowest BCUT2D eigenvalue weighted by Gasteiger charge is -2.14. The van der Waals surface area contributed by atoms with Gasteiger partial charge in [-0.25, -0.2) is 4.39 Å². The minimum Gasteiger partial charge on any atom is -0.376 e. The molecular formula is C23H25FN4O2S. The average Bonchev–Trinajstić information content (AvgIpc) is 3.43. The molecule has 0 bridgehead atoms. The molecule has 3 aromatic rings. The number of rotatable bonds is 8. The first-order valence-corrected chi connectivity index (χ1v) is 11.3.